The number of benzene rings is 1. The summed E-state index contributed by atoms with van der Waals surface area (Å²) in [6, 6.07) is 7.63. The second-order valence-electron chi connectivity index (χ2n) is 4.83. The van der Waals surface area contributed by atoms with Crippen LogP contribution in [0, 0.1) is 6.92 Å². The number of rotatable bonds is 8. The van der Waals surface area contributed by atoms with E-state index < -0.39 is 0 Å². The molecule has 21 heavy (non-hydrogen) atoms. The number of carbonyl (C=O) groups is 2. The second kappa shape index (κ2) is 9.41. The van der Waals surface area contributed by atoms with Crippen molar-refractivity contribution in [1.82, 2.24) is 10.2 Å². The number of hydrogen-bond acceptors (Lipinski definition) is 4. The van der Waals surface area contributed by atoms with Crippen LogP contribution in [0.5, 0.6) is 0 Å². The van der Waals surface area contributed by atoms with Gasteiger partial charge in [0, 0.05) is 25.8 Å². The van der Waals surface area contributed by atoms with Crippen LogP contribution in [0.1, 0.15) is 5.56 Å². The van der Waals surface area contributed by atoms with Gasteiger partial charge in [0.25, 0.3) is 0 Å². The Bertz CT molecular complexity index is 462. The fourth-order valence-corrected chi connectivity index (χ4v) is 2.33. The first-order valence-electron chi connectivity index (χ1n) is 6.85. The van der Waals surface area contributed by atoms with Gasteiger partial charge in [-0.25, -0.2) is 0 Å². The molecule has 2 amide bonds. The van der Waals surface area contributed by atoms with Crippen molar-refractivity contribution in [3.8, 4) is 0 Å². The standard InChI is InChI=1S/C15H23N3O2S/c1-12-4-6-13(7-5-12)17-14(19)10-21-11-15(20)18(3)9-8-16-2/h4-7,16H,8-11H2,1-3H3,(H,17,19). The number of amides is 2. The minimum absolute atomic E-state index is 0.0402. The quantitative estimate of drug-likeness (QED) is 0.761. The van der Waals surface area contributed by atoms with Crippen LogP contribution < -0.4 is 10.6 Å². The molecule has 0 unspecified atom stereocenters. The average Bonchev–Trinajstić information content (AvgIpc) is 2.47. The second-order valence-corrected chi connectivity index (χ2v) is 5.81. The molecule has 0 bridgehead atoms. The lowest BCUT2D eigenvalue weighted by Gasteiger charge is -2.16. The van der Waals surface area contributed by atoms with E-state index in [4.69, 9.17) is 0 Å². The number of anilines is 1. The molecule has 0 aromatic heterocycles. The molecule has 116 valence electrons. The Morgan fingerprint density at radius 3 is 2.48 bits per heavy atom. The van der Waals surface area contributed by atoms with Gasteiger partial charge in [-0.15, -0.1) is 11.8 Å². The summed E-state index contributed by atoms with van der Waals surface area (Å²) < 4.78 is 0. The molecule has 0 atom stereocenters. The predicted molar refractivity (Wildman–Crippen MR) is 88.7 cm³/mol. The van der Waals surface area contributed by atoms with E-state index in [9.17, 15) is 9.59 Å². The van der Waals surface area contributed by atoms with E-state index in [1.165, 1.54) is 11.8 Å². The van der Waals surface area contributed by atoms with Gasteiger partial charge in [0.05, 0.1) is 11.5 Å². The minimum atomic E-state index is -0.0884. The first kappa shape index (κ1) is 17.5. The number of carbonyl (C=O) groups excluding carboxylic acids is 2. The lowest BCUT2D eigenvalue weighted by molar-refractivity contribution is -0.127. The zero-order valence-electron chi connectivity index (χ0n) is 12.8. The van der Waals surface area contributed by atoms with Crippen molar-refractivity contribution in [3.05, 3.63) is 29.8 Å². The molecule has 1 aromatic carbocycles. The molecule has 2 N–H and O–H groups in total. The van der Waals surface area contributed by atoms with E-state index in [1.807, 2.05) is 38.2 Å². The molecule has 5 nitrogen and oxygen atoms in total. The summed E-state index contributed by atoms with van der Waals surface area (Å²) in [5.74, 6) is 0.550. The maximum atomic E-state index is 11.8. The molecule has 0 spiro atoms. The Hall–Kier alpha value is -1.53. The summed E-state index contributed by atoms with van der Waals surface area (Å²) in [5, 5.41) is 5.81. The average molecular weight is 309 g/mol. The normalized spacial score (nSPS) is 10.2. The Kier molecular flexibility index (Phi) is 7.85. The number of nitrogens with one attached hydrogen (secondary N) is 2. The highest BCUT2D eigenvalue weighted by Crippen LogP contribution is 2.10. The number of aryl methyl sites for hydroxylation is 1. The molecule has 1 rings (SSSR count). The van der Waals surface area contributed by atoms with Crippen LogP contribution >= 0.6 is 11.8 Å². The number of likely N-dealkylation sites (N-methyl/N-ethyl adjacent to an activating group) is 2. The first-order chi connectivity index (χ1) is 10.0. The summed E-state index contributed by atoms with van der Waals surface area (Å²) in [6.45, 7) is 3.43. The van der Waals surface area contributed by atoms with E-state index in [0.717, 1.165) is 17.8 Å². The Morgan fingerprint density at radius 1 is 1.19 bits per heavy atom. The van der Waals surface area contributed by atoms with Gasteiger partial charge in [-0.05, 0) is 26.1 Å². The first-order valence-corrected chi connectivity index (χ1v) is 8.01. The van der Waals surface area contributed by atoms with Gasteiger partial charge in [0.2, 0.25) is 11.8 Å². The van der Waals surface area contributed by atoms with Crippen molar-refractivity contribution in [3.63, 3.8) is 0 Å². The van der Waals surface area contributed by atoms with Crippen LogP contribution in [0.25, 0.3) is 0 Å². The van der Waals surface area contributed by atoms with E-state index in [2.05, 4.69) is 10.6 Å². The number of thioether (sulfide) groups is 1. The van der Waals surface area contributed by atoms with Gasteiger partial charge in [0.1, 0.15) is 0 Å². The van der Waals surface area contributed by atoms with Gasteiger partial charge in [-0.1, -0.05) is 17.7 Å². The van der Waals surface area contributed by atoms with E-state index >= 15 is 0 Å². The summed E-state index contributed by atoms with van der Waals surface area (Å²) in [4.78, 5) is 25.2. The third kappa shape index (κ3) is 7.15. The van der Waals surface area contributed by atoms with E-state index in [-0.39, 0.29) is 17.6 Å². The fourth-order valence-electron chi connectivity index (χ4n) is 1.58. The SMILES string of the molecule is CNCCN(C)C(=O)CSCC(=O)Nc1ccc(C)cc1. The van der Waals surface area contributed by atoms with Crippen molar-refractivity contribution in [2.45, 2.75) is 6.92 Å². The molecular formula is C15H23N3O2S. The Morgan fingerprint density at radius 2 is 1.86 bits per heavy atom. The topological polar surface area (TPSA) is 61.4 Å². The van der Waals surface area contributed by atoms with Crippen molar-refractivity contribution >= 4 is 29.3 Å². The smallest absolute Gasteiger partial charge is 0.234 e. The Labute approximate surface area is 130 Å². The zero-order valence-corrected chi connectivity index (χ0v) is 13.6. The third-order valence-corrected chi connectivity index (χ3v) is 3.83. The van der Waals surface area contributed by atoms with Crippen LogP contribution in [0.2, 0.25) is 0 Å². The van der Waals surface area contributed by atoms with Crippen molar-refractivity contribution in [1.29, 1.82) is 0 Å². The highest BCUT2D eigenvalue weighted by molar-refractivity contribution is 8.00. The highest BCUT2D eigenvalue weighted by atomic mass is 32.2. The van der Waals surface area contributed by atoms with Crippen LogP contribution in [0.4, 0.5) is 5.69 Å². The lowest BCUT2D eigenvalue weighted by Crippen LogP contribution is -2.34. The molecule has 0 radical (unpaired) electrons. The summed E-state index contributed by atoms with van der Waals surface area (Å²) in [5.41, 5.74) is 1.93. The highest BCUT2D eigenvalue weighted by Gasteiger charge is 2.09. The minimum Gasteiger partial charge on any atom is -0.344 e. The monoisotopic (exact) mass is 309 g/mol. The molecule has 0 aliphatic rings. The van der Waals surface area contributed by atoms with Gasteiger partial charge >= 0.3 is 0 Å². The predicted octanol–water partition coefficient (Wildman–Crippen LogP) is 1.34. The third-order valence-electron chi connectivity index (χ3n) is 2.92. The van der Waals surface area contributed by atoms with Crippen molar-refractivity contribution in [2.24, 2.45) is 0 Å². The maximum absolute atomic E-state index is 11.8. The lowest BCUT2D eigenvalue weighted by atomic mass is 10.2. The maximum Gasteiger partial charge on any atom is 0.234 e. The molecule has 0 saturated carbocycles. The molecule has 0 aliphatic carbocycles. The van der Waals surface area contributed by atoms with Gasteiger partial charge in [-0.2, -0.15) is 0 Å². The van der Waals surface area contributed by atoms with E-state index in [0.29, 0.717) is 12.3 Å². The number of nitrogens with zero attached hydrogens (tertiary/aromatic N) is 1. The molecule has 0 saturated heterocycles. The van der Waals surface area contributed by atoms with Crippen LogP contribution in [-0.2, 0) is 9.59 Å². The molecule has 0 fully saturated rings. The largest absolute Gasteiger partial charge is 0.344 e. The Balaban J connectivity index is 2.24. The van der Waals surface area contributed by atoms with Gasteiger partial charge in [-0.3, -0.25) is 9.59 Å². The van der Waals surface area contributed by atoms with Crippen LogP contribution in [-0.4, -0.2) is 55.4 Å². The van der Waals surface area contributed by atoms with Crippen molar-refractivity contribution < 1.29 is 9.59 Å². The summed E-state index contributed by atoms with van der Waals surface area (Å²) in [6.07, 6.45) is 0. The van der Waals surface area contributed by atoms with Crippen molar-refractivity contribution in [2.75, 3.05) is 44.0 Å². The zero-order chi connectivity index (χ0) is 15.7. The van der Waals surface area contributed by atoms with E-state index in [1.54, 1.807) is 11.9 Å². The number of hydrogen-bond donors (Lipinski definition) is 2. The fraction of sp³-hybridized carbons (Fsp3) is 0.467. The molecule has 1 aromatic rings. The molecule has 6 heteroatoms. The summed E-state index contributed by atoms with van der Waals surface area (Å²) in [7, 11) is 3.62. The molecule has 0 heterocycles. The van der Waals surface area contributed by atoms with Crippen LogP contribution in [0.3, 0.4) is 0 Å². The van der Waals surface area contributed by atoms with Crippen LogP contribution in [0.15, 0.2) is 24.3 Å². The summed E-state index contributed by atoms with van der Waals surface area (Å²) >= 11 is 1.33. The van der Waals surface area contributed by atoms with Gasteiger partial charge in [0.15, 0.2) is 0 Å². The van der Waals surface area contributed by atoms with Gasteiger partial charge < -0.3 is 15.5 Å². The molecular weight excluding hydrogens is 286 g/mol. The molecule has 0 aliphatic heterocycles.